The van der Waals surface area contributed by atoms with Gasteiger partial charge in [-0.15, -0.1) is 0 Å². The van der Waals surface area contributed by atoms with E-state index >= 15 is 0 Å². The van der Waals surface area contributed by atoms with Gasteiger partial charge in [-0.1, -0.05) is 359 Å². The molecule has 0 saturated heterocycles. The van der Waals surface area contributed by atoms with E-state index in [1.165, 1.54) is 270 Å². The van der Waals surface area contributed by atoms with Crippen LogP contribution in [0, 0.1) is 0 Å². The molecule has 0 N–H and O–H groups in total. The van der Waals surface area contributed by atoms with E-state index in [-0.39, 0.29) is 31.1 Å². The molecular formula is C73H136O6. The van der Waals surface area contributed by atoms with Crippen molar-refractivity contribution >= 4 is 17.9 Å². The van der Waals surface area contributed by atoms with E-state index in [1.54, 1.807) is 0 Å². The quantitative estimate of drug-likeness (QED) is 0.0261. The first-order valence-corrected chi connectivity index (χ1v) is 35.5. The zero-order valence-corrected chi connectivity index (χ0v) is 53.4. The van der Waals surface area contributed by atoms with Crippen LogP contribution < -0.4 is 0 Å². The summed E-state index contributed by atoms with van der Waals surface area (Å²) in [6.45, 7) is 6.58. The molecule has 0 spiro atoms. The number of hydrogen-bond acceptors (Lipinski definition) is 6. The van der Waals surface area contributed by atoms with Crippen LogP contribution in [0.3, 0.4) is 0 Å². The minimum atomic E-state index is -0.782. The molecule has 0 amide bonds. The van der Waals surface area contributed by atoms with Crippen molar-refractivity contribution in [3.05, 3.63) is 36.5 Å². The summed E-state index contributed by atoms with van der Waals surface area (Å²) in [5, 5.41) is 0. The number of hydrogen-bond donors (Lipinski definition) is 0. The van der Waals surface area contributed by atoms with Gasteiger partial charge in [0.2, 0.25) is 0 Å². The highest BCUT2D eigenvalue weighted by Crippen LogP contribution is 2.19. The van der Waals surface area contributed by atoms with Crippen LogP contribution in [-0.4, -0.2) is 37.2 Å². The Morgan fingerprint density at radius 3 is 0.772 bits per heavy atom. The number of ether oxygens (including phenoxy) is 3. The molecule has 0 aromatic heterocycles. The molecule has 0 rings (SSSR count). The second-order valence-corrected chi connectivity index (χ2v) is 24.1. The molecule has 0 saturated carbocycles. The van der Waals surface area contributed by atoms with Crippen LogP contribution in [0.1, 0.15) is 393 Å². The van der Waals surface area contributed by atoms with Crippen molar-refractivity contribution in [2.75, 3.05) is 13.2 Å². The van der Waals surface area contributed by atoms with E-state index in [0.717, 1.165) is 83.5 Å². The third-order valence-electron chi connectivity index (χ3n) is 16.2. The molecule has 0 aliphatic heterocycles. The van der Waals surface area contributed by atoms with E-state index in [0.29, 0.717) is 19.3 Å². The predicted molar refractivity (Wildman–Crippen MR) is 344 cm³/mol. The monoisotopic (exact) mass is 1110 g/mol. The molecule has 0 bridgehead atoms. The van der Waals surface area contributed by atoms with Crippen LogP contribution in [-0.2, 0) is 28.6 Å². The molecule has 0 aromatic carbocycles. The van der Waals surface area contributed by atoms with Gasteiger partial charge in [0.1, 0.15) is 13.2 Å². The van der Waals surface area contributed by atoms with Crippen molar-refractivity contribution in [1.82, 2.24) is 0 Å². The molecule has 0 radical (unpaired) electrons. The molecule has 1 atom stereocenters. The Morgan fingerprint density at radius 1 is 0.266 bits per heavy atom. The summed E-state index contributed by atoms with van der Waals surface area (Å²) in [7, 11) is 0. The standard InChI is InChI=1S/C73H136O6/c1-4-7-10-13-16-19-22-25-27-29-31-33-35-36-38-39-41-43-45-48-51-54-57-60-63-66-72(75)78-69-70(68-77-71(74)65-62-59-56-53-50-47-24-21-18-15-12-9-6-3)79-73(76)67-64-61-58-55-52-49-46-44-42-40-37-34-32-30-28-26-23-20-17-14-11-8-5-2/h9,12,18,21,47,50,70H,4-8,10-11,13-17,19-20,22-46,48-49,51-69H2,1-3H3/b12-9-,21-18-,50-47-. The molecule has 79 heavy (non-hydrogen) atoms. The SMILES string of the molecule is CC/C=C\C/C=C\C/C=C\CCCCCC(=O)OCC(COC(=O)CCCCCCCCCCCCCCCCCCCCCCCCCCC)OC(=O)CCCCCCCCCCCCCCCCCCCCCCCCC. The Kier molecular flexibility index (Phi) is 66.1. The summed E-state index contributed by atoms with van der Waals surface area (Å²) in [4.78, 5) is 38.4. The van der Waals surface area contributed by atoms with Crippen molar-refractivity contribution in [2.24, 2.45) is 0 Å². The highest BCUT2D eigenvalue weighted by molar-refractivity contribution is 5.71. The lowest BCUT2D eigenvalue weighted by Gasteiger charge is -2.18. The Bertz CT molecular complexity index is 1320. The van der Waals surface area contributed by atoms with Crippen LogP contribution in [0.15, 0.2) is 36.5 Å². The summed E-state index contributed by atoms with van der Waals surface area (Å²) in [5.74, 6) is -0.876. The number of allylic oxidation sites excluding steroid dienone is 6. The maximum Gasteiger partial charge on any atom is 0.306 e. The predicted octanol–water partition coefficient (Wildman–Crippen LogP) is 24.3. The van der Waals surface area contributed by atoms with Crippen molar-refractivity contribution in [3.8, 4) is 0 Å². The first-order chi connectivity index (χ1) is 39.0. The summed E-state index contributed by atoms with van der Waals surface area (Å²) < 4.78 is 17.0. The fourth-order valence-electron chi connectivity index (χ4n) is 10.9. The highest BCUT2D eigenvalue weighted by Gasteiger charge is 2.19. The topological polar surface area (TPSA) is 78.9 Å². The smallest absolute Gasteiger partial charge is 0.306 e. The average molecular weight is 1110 g/mol. The molecule has 0 fully saturated rings. The first-order valence-electron chi connectivity index (χ1n) is 35.5. The Labute approximate surface area is 493 Å². The van der Waals surface area contributed by atoms with Crippen LogP contribution in [0.2, 0.25) is 0 Å². The summed E-state index contributed by atoms with van der Waals surface area (Å²) in [5.41, 5.74) is 0. The van der Waals surface area contributed by atoms with Gasteiger partial charge in [0.25, 0.3) is 0 Å². The van der Waals surface area contributed by atoms with Crippen molar-refractivity contribution < 1.29 is 28.6 Å². The first kappa shape index (κ1) is 76.6. The number of unbranched alkanes of at least 4 members (excludes halogenated alkanes) is 49. The summed E-state index contributed by atoms with van der Waals surface area (Å²) in [6.07, 6.45) is 84.8. The van der Waals surface area contributed by atoms with Crippen LogP contribution in [0.25, 0.3) is 0 Å². The van der Waals surface area contributed by atoms with Gasteiger partial charge >= 0.3 is 17.9 Å². The second kappa shape index (κ2) is 68.1. The lowest BCUT2D eigenvalue weighted by molar-refractivity contribution is -0.167. The van der Waals surface area contributed by atoms with Gasteiger partial charge in [-0.2, -0.15) is 0 Å². The van der Waals surface area contributed by atoms with Crippen LogP contribution >= 0.6 is 0 Å². The lowest BCUT2D eigenvalue weighted by Crippen LogP contribution is -2.30. The second-order valence-electron chi connectivity index (χ2n) is 24.1. The van der Waals surface area contributed by atoms with Crippen LogP contribution in [0.5, 0.6) is 0 Å². The van der Waals surface area contributed by atoms with Gasteiger partial charge in [-0.05, 0) is 51.4 Å². The van der Waals surface area contributed by atoms with Crippen molar-refractivity contribution in [1.29, 1.82) is 0 Å². The molecule has 0 aliphatic carbocycles. The summed E-state index contributed by atoms with van der Waals surface area (Å²) >= 11 is 0. The Hall–Kier alpha value is -2.37. The summed E-state index contributed by atoms with van der Waals surface area (Å²) in [6, 6.07) is 0. The highest BCUT2D eigenvalue weighted by atomic mass is 16.6. The number of carbonyl (C=O) groups is 3. The fourth-order valence-corrected chi connectivity index (χ4v) is 10.9. The van der Waals surface area contributed by atoms with E-state index < -0.39 is 6.10 Å². The zero-order chi connectivity index (χ0) is 57.1. The molecular weight excluding hydrogens is 973 g/mol. The van der Waals surface area contributed by atoms with Gasteiger partial charge in [-0.3, -0.25) is 14.4 Å². The average Bonchev–Trinajstić information content (AvgIpc) is 3.45. The van der Waals surface area contributed by atoms with E-state index in [1.807, 2.05) is 0 Å². The maximum atomic E-state index is 12.9. The lowest BCUT2D eigenvalue weighted by atomic mass is 10.0. The normalized spacial score (nSPS) is 12.2. The van der Waals surface area contributed by atoms with Crippen LogP contribution in [0.4, 0.5) is 0 Å². The van der Waals surface area contributed by atoms with E-state index in [9.17, 15) is 14.4 Å². The van der Waals surface area contributed by atoms with Gasteiger partial charge in [0.15, 0.2) is 6.10 Å². The van der Waals surface area contributed by atoms with Crippen molar-refractivity contribution in [2.45, 2.75) is 399 Å². The Balaban J connectivity index is 4.22. The zero-order valence-electron chi connectivity index (χ0n) is 53.4. The fraction of sp³-hybridized carbons (Fsp3) is 0.877. The number of carbonyl (C=O) groups excluding carboxylic acids is 3. The molecule has 6 nitrogen and oxygen atoms in total. The Morgan fingerprint density at radius 2 is 0.494 bits per heavy atom. The minimum absolute atomic E-state index is 0.0757. The molecule has 6 heteroatoms. The van der Waals surface area contributed by atoms with Gasteiger partial charge in [0, 0.05) is 19.3 Å². The van der Waals surface area contributed by atoms with Gasteiger partial charge in [-0.25, -0.2) is 0 Å². The number of esters is 3. The molecule has 0 aromatic rings. The maximum absolute atomic E-state index is 12.9. The van der Waals surface area contributed by atoms with E-state index in [4.69, 9.17) is 14.2 Å². The van der Waals surface area contributed by atoms with Gasteiger partial charge < -0.3 is 14.2 Å². The molecule has 1 unspecified atom stereocenters. The third-order valence-corrected chi connectivity index (χ3v) is 16.2. The van der Waals surface area contributed by atoms with E-state index in [2.05, 4.69) is 57.2 Å². The third kappa shape index (κ3) is 66.3. The minimum Gasteiger partial charge on any atom is -0.462 e. The largest absolute Gasteiger partial charge is 0.462 e. The van der Waals surface area contributed by atoms with Gasteiger partial charge in [0.05, 0.1) is 0 Å². The van der Waals surface area contributed by atoms with Crippen molar-refractivity contribution in [3.63, 3.8) is 0 Å². The molecule has 0 aliphatic rings. The molecule has 464 valence electrons. The molecule has 0 heterocycles. The number of rotatable bonds is 66.